The third kappa shape index (κ3) is 4.46. The molecule has 0 fully saturated rings. The van der Waals surface area contributed by atoms with Crippen LogP contribution in [0.3, 0.4) is 0 Å². The van der Waals surface area contributed by atoms with Gasteiger partial charge in [0.2, 0.25) is 5.91 Å². The van der Waals surface area contributed by atoms with Crippen molar-refractivity contribution in [1.29, 1.82) is 0 Å². The summed E-state index contributed by atoms with van der Waals surface area (Å²) in [6.07, 6.45) is 0. The number of amides is 1. The molecule has 0 unspecified atom stereocenters. The number of aromatic nitrogens is 3. The Morgan fingerprint density at radius 3 is 2.39 bits per heavy atom. The maximum absolute atomic E-state index is 11.8. The Morgan fingerprint density at radius 2 is 1.71 bits per heavy atom. The fourth-order valence-electron chi connectivity index (χ4n) is 3.25. The zero-order valence-corrected chi connectivity index (χ0v) is 18.1. The smallest absolute Gasteiger partial charge is 0.249 e. The molecule has 156 valence electrons. The minimum atomic E-state index is -0.437. The molecule has 4 rings (SSSR count). The molecule has 1 amide bonds. The average Bonchev–Trinajstić information content (AvgIpc) is 3.22. The summed E-state index contributed by atoms with van der Waals surface area (Å²) in [6, 6.07) is 23.3. The van der Waals surface area contributed by atoms with Gasteiger partial charge in [-0.2, -0.15) is 0 Å². The van der Waals surface area contributed by atoms with E-state index >= 15 is 0 Å². The summed E-state index contributed by atoms with van der Waals surface area (Å²) >= 11 is 1.51. The lowest BCUT2D eigenvalue weighted by atomic mass is 10.1. The fraction of sp³-hybridized carbons (Fsp3) is 0.125. The summed E-state index contributed by atoms with van der Waals surface area (Å²) < 4.78 is 7.31. The van der Waals surface area contributed by atoms with E-state index in [9.17, 15) is 4.79 Å². The number of benzene rings is 3. The van der Waals surface area contributed by atoms with Gasteiger partial charge in [0.25, 0.3) is 0 Å². The van der Waals surface area contributed by atoms with Gasteiger partial charge in [-0.1, -0.05) is 59.8 Å². The molecule has 0 aliphatic heterocycles. The van der Waals surface area contributed by atoms with Crippen LogP contribution in [0.15, 0.2) is 78.0 Å². The van der Waals surface area contributed by atoms with Gasteiger partial charge in [-0.25, -0.2) is 0 Å². The minimum absolute atomic E-state index is 0.437. The van der Waals surface area contributed by atoms with E-state index < -0.39 is 5.91 Å². The third-order valence-corrected chi connectivity index (χ3v) is 5.89. The van der Waals surface area contributed by atoms with Crippen molar-refractivity contribution in [1.82, 2.24) is 14.8 Å². The average molecular weight is 431 g/mol. The minimum Gasteiger partial charge on any atom is -0.497 e. The van der Waals surface area contributed by atoms with Crippen molar-refractivity contribution in [3.8, 4) is 22.8 Å². The highest BCUT2D eigenvalue weighted by molar-refractivity contribution is 7.98. The summed E-state index contributed by atoms with van der Waals surface area (Å²) in [4.78, 5) is 11.8. The molecule has 0 aliphatic rings. The van der Waals surface area contributed by atoms with Crippen molar-refractivity contribution in [2.75, 3.05) is 7.11 Å². The standard InChI is InChI=1S/C24H22N4O2S/c1-16-7-9-17(10-8-16)23-26-27-24(28(23)19-11-13-20(30-2)14-12-19)31-15-18-5-3-4-6-21(18)22(25)29/h3-14H,15H2,1-2H3,(H2,25,29). The molecule has 0 saturated heterocycles. The molecule has 0 bridgehead atoms. The number of hydrogen-bond donors (Lipinski definition) is 1. The molecule has 31 heavy (non-hydrogen) atoms. The summed E-state index contributed by atoms with van der Waals surface area (Å²) in [5.41, 5.74) is 9.98. The maximum Gasteiger partial charge on any atom is 0.249 e. The second kappa shape index (κ2) is 9.06. The van der Waals surface area contributed by atoms with Gasteiger partial charge in [0.1, 0.15) is 5.75 Å². The van der Waals surface area contributed by atoms with Gasteiger partial charge < -0.3 is 10.5 Å². The third-order valence-electron chi connectivity index (χ3n) is 4.91. The topological polar surface area (TPSA) is 83.0 Å². The van der Waals surface area contributed by atoms with E-state index in [4.69, 9.17) is 10.5 Å². The van der Waals surface area contributed by atoms with Gasteiger partial charge in [-0.15, -0.1) is 10.2 Å². The Labute approximate surface area is 185 Å². The predicted molar refractivity (Wildman–Crippen MR) is 123 cm³/mol. The van der Waals surface area contributed by atoms with Crippen LogP contribution in [-0.4, -0.2) is 27.8 Å². The van der Waals surface area contributed by atoms with Crippen molar-refractivity contribution in [2.24, 2.45) is 5.73 Å². The highest BCUT2D eigenvalue weighted by atomic mass is 32.2. The molecule has 1 heterocycles. The van der Waals surface area contributed by atoms with E-state index in [-0.39, 0.29) is 0 Å². The predicted octanol–water partition coefficient (Wildman–Crippen LogP) is 4.64. The molecule has 0 spiro atoms. The van der Waals surface area contributed by atoms with Crippen LogP contribution in [0, 0.1) is 6.92 Å². The van der Waals surface area contributed by atoms with Crippen LogP contribution in [-0.2, 0) is 5.75 Å². The van der Waals surface area contributed by atoms with E-state index in [0.29, 0.717) is 11.3 Å². The van der Waals surface area contributed by atoms with Gasteiger partial charge in [-0.3, -0.25) is 9.36 Å². The first-order chi connectivity index (χ1) is 15.1. The van der Waals surface area contributed by atoms with E-state index in [1.54, 1.807) is 13.2 Å². The van der Waals surface area contributed by atoms with Crippen molar-refractivity contribution >= 4 is 17.7 Å². The van der Waals surface area contributed by atoms with Crippen LogP contribution < -0.4 is 10.5 Å². The molecule has 6 nitrogen and oxygen atoms in total. The first-order valence-corrected chi connectivity index (χ1v) is 10.7. The van der Waals surface area contributed by atoms with Gasteiger partial charge in [0.05, 0.1) is 7.11 Å². The van der Waals surface area contributed by atoms with Gasteiger partial charge >= 0.3 is 0 Å². The number of thioether (sulfide) groups is 1. The Balaban J connectivity index is 1.74. The largest absolute Gasteiger partial charge is 0.497 e. The number of nitrogens with zero attached hydrogens (tertiary/aromatic N) is 3. The summed E-state index contributed by atoms with van der Waals surface area (Å²) in [7, 11) is 1.64. The second-order valence-electron chi connectivity index (χ2n) is 7.02. The molecule has 0 saturated carbocycles. The van der Waals surface area contributed by atoms with Crippen LogP contribution in [0.25, 0.3) is 17.1 Å². The lowest BCUT2D eigenvalue weighted by Gasteiger charge is -2.12. The highest BCUT2D eigenvalue weighted by Crippen LogP contribution is 2.31. The zero-order valence-electron chi connectivity index (χ0n) is 17.3. The monoisotopic (exact) mass is 430 g/mol. The maximum atomic E-state index is 11.8. The number of methoxy groups -OCH3 is 1. The number of hydrogen-bond acceptors (Lipinski definition) is 5. The summed E-state index contributed by atoms with van der Waals surface area (Å²) in [5, 5.41) is 9.65. The zero-order chi connectivity index (χ0) is 21.8. The van der Waals surface area contributed by atoms with Crippen LogP contribution in [0.1, 0.15) is 21.5 Å². The highest BCUT2D eigenvalue weighted by Gasteiger charge is 2.17. The SMILES string of the molecule is COc1ccc(-n2c(SCc3ccccc3C(N)=O)nnc2-c2ccc(C)cc2)cc1. The summed E-state index contributed by atoms with van der Waals surface area (Å²) in [6.45, 7) is 2.05. The Bertz CT molecular complexity index is 1200. The number of carbonyl (C=O) groups is 1. The molecule has 1 aromatic heterocycles. The molecule has 0 radical (unpaired) electrons. The van der Waals surface area contributed by atoms with Crippen molar-refractivity contribution in [3.05, 3.63) is 89.5 Å². The van der Waals surface area contributed by atoms with E-state index in [1.165, 1.54) is 17.3 Å². The second-order valence-corrected chi connectivity index (χ2v) is 7.96. The van der Waals surface area contributed by atoms with Crippen LogP contribution in [0.5, 0.6) is 5.75 Å². The van der Waals surface area contributed by atoms with Gasteiger partial charge in [0, 0.05) is 22.6 Å². The van der Waals surface area contributed by atoms with Crippen LogP contribution in [0.2, 0.25) is 0 Å². The Kier molecular flexibility index (Phi) is 6.04. The normalized spacial score (nSPS) is 10.8. The number of rotatable bonds is 7. The first-order valence-electron chi connectivity index (χ1n) is 9.74. The van der Waals surface area contributed by atoms with Crippen molar-refractivity contribution < 1.29 is 9.53 Å². The molecule has 0 atom stereocenters. The lowest BCUT2D eigenvalue weighted by Crippen LogP contribution is -2.13. The van der Waals surface area contributed by atoms with Crippen molar-refractivity contribution in [2.45, 2.75) is 17.8 Å². The number of ether oxygens (including phenoxy) is 1. The molecule has 7 heteroatoms. The fourth-order valence-corrected chi connectivity index (χ4v) is 4.20. The Morgan fingerprint density at radius 1 is 1.00 bits per heavy atom. The molecule has 2 N–H and O–H groups in total. The molecule has 4 aromatic rings. The number of aryl methyl sites for hydroxylation is 1. The first kappa shape index (κ1) is 20.7. The molecule has 0 aliphatic carbocycles. The number of primary amides is 1. The van der Waals surface area contributed by atoms with Crippen LogP contribution in [0.4, 0.5) is 0 Å². The van der Waals surface area contributed by atoms with E-state index in [1.807, 2.05) is 59.2 Å². The number of nitrogens with two attached hydrogens (primary N) is 1. The van der Waals surface area contributed by atoms with E-state index in [0.717, 1.165) is 33.5 Å². The molecular weight excluding hydrogens is 408 g/mol. The van der Waals surface area contributed by atoms with Gasteiger partial charge in [0.15, 0.2) is 11.0 Å². The van der Waals surface area contributed by atoms with Crippen molar-refractivity contribution in [3.63, 3.8) is 0 Å². The van der Waals surface area contributed by atoms with E-state index in [2.05, 4.69) is 29.3 Å². The van der Waals surface area contributed by atoms with Crippen LogP contribution >= 0.6 is 11.8 Å². The molecule has 3 aromatic carbocycles. The number of carbonyl (C=O) groups excluding carboxylic acids is 1. The quantitative estimate of drug-likeness (QED) is 0.432. The van der Waals surface area contributed by atoms with Gasteiger partial charge in [-0.05, 0) is 42.8 Å². The summed E-state index contributed by atoms with van der Waals surface area (Å²) in [5.74, 6) is 1.63. The Hall–Kier alpha value is -3.58. The lowest BCUT2D eigenvalue weighted by molar-refractivity contribution is 0.0999. The molecular formula is C24H22N4O2S.